The molecule has 1 aliphatic heterocycles. The van der Waals surface area contributed by atoms with Crippen LogP contribution in [0.4, 0.5) is 0 Å². The molecule has 1 aliphatic rings. The van der Waals surface area contributed by atoms with Crippen LogP contribution >= 0.6 is 0 Å². The van der Waals surface area contributed by atoms with E-state index in [9.17, 15) is 0 Å². The first-order valence-electron chi connectivity index (χ1n) is 10.7. The van der Waals surface area contributed by atoms with E-state index < -0.39 is 7.12 Å². The van der Waals surface area contributed by atoms with Crippen LogP contribution in [0.15, 0.2) is 77.2 Å². The molecule has 154 valence electrons. The molecule has 4 nitrogen and oxygen atoms in total. The first-order valence-corrected chi connectivity index (χ1v) is 10.7. The third kappa shape index (κ3) is 2.63. The fourth-order valence-electron chi connectivity index (χ4n) is 4.48. The number of hydrogen-bond acceptors (Lipinski definition) is 3. The Bertz CT molecular complexity index is 1440. The molecule has 0 aliphatic carbocycles. The molecule has 3 aromatic carbocycles. The average molecular weight is 409 g/mol. The summed E-state index contributed by atoms with van der Waals surface area (Å²) < 4.78 is 21.2. The number of fused-ring (bicyclic) bond motifs is 5. The Labute approximate surface area is 181 Å². The van der Waals surface area contributed by atoms with Crippen molar-refractivity contribution in [2.75, 3.05) is 0 Å². The van der Waals surface area contributed by atoms with Gasteiger partial charge in [0.25, 0.3) is 0 Å². The van der Waals surface area contributed by atoms with Crippen LogP contribution in [0.25, 0.3) is 38.7 Å². The summed E-state index contributed by atoms with van der Waals surface area (Å²) in [6.07, 6.45) is 0. The van der Waals surface area contributed by atoms with Gasteiger partial charge >= 0.3 is 7.12 Å². The Morgan fingerprint density at radius 1 is 0.742 bits per heavy atom. The third-order valence-corrected chi connectivity index (χ3v) is 6.84. The van der Waals surface area contributed by atoms with Gasteiger partial charge in [-0.05, 0) is 69.6 Å². The Balaban J connectivity index is 1.59. The van der Waals surface area contributed by atoms with Gasteiger partial charge in [-0.1, -0.05) is 36.4 Å². The molecule has 2 aromatic heterocycles. The zero-order valence-electron chi connectivity index (χ0n) is 18.2. The maximum Gasteiger partial charge on any atom is 0.494 e. The molecule has 0 amide bonds. The van der Waals surface area contributed by atoms with Crippen LogP contribution in [0.1, 0.15) is 27.7 Å². The normalized spacial score (nSPS) is 17.9. The van der Waals surface area contributed by atoms with Gasteiger partial charge in [0.05, 0.1) is 16.7 Å². The minimum absolute atomic E-state index is 0.373. The molecule has 0 spiro atoms. The molecular weight excluding hydrogens is 385 g/mol. The van der Waals surface area contributed by atoms with Crippen molar-refractivity contribution in [3.8, 4) is 5.69 Å². The van der Waals surface area contributed by atoms with Crippen molar-refractivity contribution in [2.45, 2.75) is 38.9 Å². The van der Waals surface area contributed by atoms with E-state index in [-0.39, 0.29) is 11.2 Å². The highest BCUT2D eigenvalue weighted by Gasteiger charge is 2.51. The number of hydrogen-bond donors (Lipinski definition) is 0. The van der Waals surface area contributed by atoms with Gasteiger partial charge in [0.15, 0.2) is 5.58 Å². The van der Waals surface area contributed by atoms with Crippen molar-refractivity contribution >= 4 is 45.6 Å². The number of furan rings is 1. The Hall–Kier alpha value is -3.02. The monoisotopic (exact) mass is 409 g/mol. The summed E-state index contributed by atoms with van der Waals surface area (Å²) in [6.45, 7) is 8.32. The van der Waals surface area contributed by atoms with Gasteiger partial charge in [0.1, 0.15) is 11.1 Å². The maximum atomic E-state index is 6.30. The lowest BCUT2D eigenvalue weighted by Crippen LogP contribution is -2.41. The third-order valence-electron chi connectivity index (χ3n) is 6.84. The second kappa shape index (κ2) is 6.25. The first-order chi connectivity index (χ1) is 14.9. The van der Waals surface area contributed by atoms with Crippen LogP contribution in [0.2, 0.25) is 0 Å². The van der Waals surface area contributed by atoms with Gasteiger partial charge in [0, 0.05) is 16.5 Å². The van der Waals surface area contributed by atoms with Gasteiger partial charge in [-0.3, -0.25) is 0 Å². The number of rotatable bonds is 2. The van der Waals surface area contributed by atoms with Crippen LogP contribution in [0, 0.1) is 0 Å². The molecule has 0 saturated carbocycles. The van der Waals surface area contributed by atoms with Crippen LogP contribution in [-0.4, -0.2) is 22.9 Å². The predicted molar refractivity (Wildman–Crippen MR) is 126 cm³/mol. The summed E-state index contributed by atoms with van der Waals surface area (Å²) in [4.78, 5) is 0. The second-order valence-corrected chi connectivity index (χ2v) is 9.31. The molecular formula is C26H24BNO3. The van der Waals surface area contributed by atoms with Crippen molar-refractivity contribution < 1.29 is 13.7 Å². The van der Waals surface area contributed by atoms with Crippen molar-refractivity contribution in [3.05, 3.63) is 72.8 Å². The average Bonchev–Trinajstić information content (AvgIpc) is 3.34. The highest BCUT2D eigenvalue weighted by atomic mass is 16.7. The van der Waals surface area contributed by atoms with Crippen LogP contribution in [0.3, 0.4) is 0 Å². The fraction of sp³-hybridized carbons (Fsp3) is 0.231. The van der Waals surface area contributed by atoms with Crippen molar-refractivity contribution in [3.63, 3.8) is 0 Å². The van der Waals surface area contributed by atoms with Crippen molar-refractivity contribution in [1.29, 1.82) is 0 Å². The summed E-state index contributed by atoms with van der Waals surface area (Å²) in [5.74, 6) is 0. The lowest BCUT2D eigenvalue weighted by Gasteiger charge is -2.32. The van der Waals surface area contributed by atoms with E-state index in [1.807, 2.05) is 12.1 Å². The molecule has 5 aromatic rings. The fourth-order valence-corrected chi connectivity index (χ4v) is 4.48. The Morgan fingerprint density at radius 3 is 2.19 bits per heavy atom. The number of nitrogens with zero attached hydrogens (tertiary/aromatic N) is 1. The molecule has 0 bridgehead atoms. The molecule has 1 saturated heterocycles. The molecule has 5 heteroatoms. The molecule has 0 N–H and O–H groups in total. The van der Waals surface area contributed by atoms with Gasteiger partial charge in [-0.25, -0.2) is 0 Å². The van der Waals surface area contributed by atoms with Gasteiger partial charge in [-0.15, -0.1) is 0 Å². The quantitative estimate of drug-likeness (QED) is 0.344. The number of aromatic nitrogens is 1. The molecule has 1 fully saturated rings. The second-order valence-electron chi connectivity index (χ2n) is 9.31. The van der Waals surface area contributed by atoms with Gasteiger partial charge < -0.3 is 18.3 Å². The summed E-state index contributed by atoms with van der Waals surface area (Å²) in [7, 11) is -0.400. The summed E-state index contributed by atoms with van der Waals surface area (Å²) >= 11 is 0. The minimum Gasteiger partial charge on any atom is -0.454 e. The number of benzene rings is 3. The predicted octanol–water partition coefficient (Wildman–Crippen LogP) is 5.83. The molecule has 31 heavy (non-hydrogen) atoms. The molecule has 6 rings (SSSR count). The van der Waals surface area contributed by atoms with E-state index in [0.29, 0.717) is 0 Å². The lowest BCUT2D eigenvalue weighted by molar-refractivity contribution is 0.00578. The summed E-state index contributed by atoms with van der Waals surface area (Å²) in [5, 5.41) is 2.21. The van der Waals surface area contributed by atoms with Gasteiger partial charge in [-0.2, -0.15) is 0 Å². The van der Waals surface area contributed by atoms with Gasteiger partial charge in [0.2, 0.25) is 0 Å². The topological polar surface area (TPSA) is 36.5 Å². The van der Waals surface area contributed by atoms with Crippen LogP contribution < -0.4 is 5.46 Å². The zero-order valence-corrected chi connectivity index (χ0v) is 18.2. The van der Waals surface area contributed by atoms with E-state index in [1.54, 1.807) is 0 Å². The Kier molecular flexibility index (Phi) is 3.78. The largest absolute Gasteiger partial charge is 0.494 e. The highest BCUT2D eigenvalue weighted by molar-refractivity contribution is 6.62. The minimum atomic E-state index is -0.400. The van der Waals surface area contributed by atoms with E-state index in [4.69, 9.17) is 13.7 Å². The molecule has 0 radical (unpaired) electrons. The lowest BCUT2D eigenvalue weighted by atomic mass is 9.79. The molecule has 3 heterocycles. The highest BCUT2D eigenvalue weighted by Crippen LogP contribution is 2.39. The van der Waals surface area contributed by atoms with Crippen molar-refractivity contribution in [2.24, 2.45) is 0 Å². The molecule has 0 unspecified atom stereocenters. The van der Waals surface area contributed by atoms with E-state index >= 15 is 0 Å². The molecule has 0 atom stereocenters. The first kappa shape index (κ1) is 18.7. The number of para-hydroxylation sites is 2. The smallest absolute Gasteiger partial charge is 0.454 e. The van der Waals surface area contributed by atoms with Crippen LogP contribution in [0.5, 0.6) is 0 Å². The summed E-state index contributed by atoms with van der Waals surface area (Å²) in [5.41, 5.74) is 5.34. The SMILES string of the molecule is CC1(C)OB(c2cccc(-n3c4ccccc4c4oc5ccccc5c43)c2)OC1(C)C. The maximum absolute atomic E-state index is 6.30. The van der Waals surface area contributed by atoms with E-state index in [0.717, 1.165) is 44.1 Å². The standard InChI is InChI=1S/C26H24BNO3/c1-25(2)26(3,4)31-27(30-25)17-10-9-11-18(16-17)28-21-14-7-5-12-19(21)24-23(28)20-13-6-8-15-22(20)29-24/h5-16H,1-4H3. The van der Waals surface area contributed by atoms with Crippen molar-refractivity contribution in [1.82, 2.24) is 4.57 Å². The summed E-state index contributed by atoms with van der Waals surface area (Å²) in [6, 6.07) is 25.0. The van der Waals surface area contributed by atoms with E-state index in [2.05, 4.69) is 92.9 Å². The Morgan fingerprint density at radius 2 is 1.42 bits per heavy atom. The zero-order chi connectivity index (χ0) is 21.4. The van der Waals surface area contributed by atoms with E-state index in [1.165, 1.54) is 0 Å². The van der Waals surface area contributed by atoms with Crippen LogP contribution in [-0.2, 0) is 9.31 Å².